The monoisotopic (exact) mass is 314 g/mol. The van der Waals surface area contributed by atoms with Gasteiger partial charge in [-0.25, -0.2) is 17.9 Å². The van der Waals surface area contributed by atoms with Gasteiger partial charge in [0.2, 0.25) is 10.0 Å². The second-order valence-corrected chi connectivity index (χ2v) is 6.76. The van der Waals surface area contributed by atoms with Crippen molar-refractivity contribution in [2.75, 3.05) is 5.73 Å². The summed E-state index contributed by atoms with van der Waals surface area (Å²) in [5.41, 5.74) is 5.55. The largest absolute Gasteiger partial charge is 0.478 e. The first-order valence-corrected chi connectivity index (χ1v) is 8.41. The molecule has 1 rings (SSSR count). The van der Waals surface area contributed by atoms with Crippen LogP contribution in [0.4, 0.5) is 5.69 Å². The zero-order chi connectivity index (χ0) is 16.0. The highest BCUT2D eigenvalue weighted by molar-refractivity contribution is 7.89. The average Bonchev–Trinajstić information content (AvgIpc) is 2.37. The molecule has 0 spiro atoms. The predicted molar refractivity (Wildman–Crippen MR) is 81.7 cm³/mol. The van der Waals surface area contributed by atoms with Crippen LogP contribution in [0.25, 0.3) is 0 Å². The number of nitrogens with one attached hydrogen (secondary N) is 1. The number of rotatable bonds is 8. The van der Waals surface area contributed by atoms with E-state index >= 15 is 0 Å². The Bertz CT molecular complexity index is 599. The highest BCUT2D eigenvalue weighted by Gasteiger charge is 2.20. The van der Waals surface area contributed by atoms with E-state index in [0.717, 1.165) is 31.7 Å². The number of unbranched alkanes of at least 4 members (excludes halogenated alkanes) is 2. The van der Waals surface area contributed by atoms with Gasteiger partial charge in [-0.15, -0.1) is 0 Å². The number of benzene rings is 1. The number of aromatic carboxylic acids is 1. The van der Waals surface area contributed by atoms with Gasteiger partial charge in [0.05, 0.1) is 11.3 Å². The standard InChI is InChI=1S/C14H22N2O4S/c1-3-4-5-6-10(2)16-21(19,20)13-8-7-11(14(17)18)9-12(13)15/h7-10,16H,3-6,15H2,1-2H3,(H,17,18). The fourth-order valence-electron chi connectivity index (χ4n) is 2.01. The van der Waals surface area contributed by atoms with Crippen molar-refractivity contribution in [3.05, 3.63) is 23.8 Å². The Labute approximate surface area is 125 Å². The van der Waals surface area contributed by atoms with Crippen molar-refractivity contribution in [2.24, 2.45) is 0 Å². The lowest BCUT2D eigenvalue weighted by Gasteiger charge is -2.15. The van der Waals surface area contributed by atoms with Crippen molar-refractivity contribution >= 4 is 21.7 Å². The number of carboxylic acids is 1. The highest BCUT2D eigenvalue weighted by atomic mass is 32.2. The van der Waals surface area contributed by atoms with Crippen LogP contribution in [0.1, 0.15) is 49.9 Å². The van der Waals surface area contributed by atoms with E-state index in [0.29, 0.717) is 0 Å². The zero-order valence-corrected chi connectivity index (χ0v) is 13.1. The number of anilines is 1. The molecule has 0 aliphatic carbocycles. The van der Waals surface area contributed by atoms with Crippen molar-refractivity contribution in [2.45, 2.75) is 50.5 Å². The Hall–Kier alpha value is -1.60. The lowest BCUT2D eigenvalue weighted by atomic mass is 10.1. The molecule has 0 aliphatic rings. The molecule has 0 saturated carbocycles. The van der Waals surface area contributed by atoms with Gasteiger partial charge in [-0.2, -0.15) is 0 Å². The van der Waals surface area contributed by atoms with Gasteiger partial charge in [0.25, 0.3) is 0 Å². The van der Waals surface area contributed by atoms with E-state index in [-0.39, 0.29) is 22.2 Å². The van der Waals surface area contributed by atoms with Gasteiger partial charge in [-0.05, 0) is 31.5 Å². The second kappa shape index (κ2) is 7.42. The third-order valence-electron chi connectivity index (χ3n) is 3.14. The molecule has 1 unspecified atom stereocenters. The van der Waals surface area contributed by atoms with Gasteiger partial charge in [-0.3, -0.25) is 0 Å². The fraction of sp³-hybridized carbons (Fsp3) is 0.500. The molecular weight excluding hydrogens is 292 g/mol. The molecule has 1 aromatic carbocycles. The first kappa shape index (κ1) is 17.5. The van der Waals surface area contributed by atoms with Gasteiger partial charge in [0, 0.05) is 6.04 Å². The van der Waals surface area contributed by atoms with Crippen LogP contribution in [0.5, 0.6) is 0 Å². The Morgan fingerprint density at radius 3 is 2.57 bits per heavy atom. The minimum absolute atomic E-state index is 0.0394. The summed E-state index contributed by atoms with van der Waals surface area (Å²) in [7, 11) is -3.74. The summed E-state index contributed by atoms with van der Waals surface area (Å²) in [5.74, 6) is -1.15. The van der Waals surface area contributed by atoms with Gasteiger partial charge < -0.3 is 10.8 Å². The average molecular weight is 314 g/mol. The van der Waals surface area contributed by atoms with E-state index in [1.807, 2.05) is 0 Å². The normalized spacial score (nSPS) is 13.0. The summed E-state index contributed by atoms with van der Waals surface area (Å²) >= 11 is 0. The number of hydrogen-bond acceptors (Lipinski definition) is 4. The molecule has 7 heteroatoms. The van der Waals surface area contributed by atoms with Crippen LogP contribution in [-0.2, 0) is 10.0 Å². The molecule has 0 radical (unpaired) electrons. The Balaban J connectivity index is 2.85. The van der Waals surface area contributed by atoms with Crippen molar-refractivity contribution in [3.63, 3.8) is 0 Å². The summed E-state index contributed by atoms with van der Waals surface area (Å²) < 4.78 is 27.0. The first-order chi connectivity index (χ1) is 9.77. The van der Waals surface area contributed by atoms with Crippen LogP contribution in [-0.4, -0.2) is 25.5 Å². The zero-order valence-electron chi connectivity index (χ0n) is 12.3. The van der Waals surface area contributed by atoms with Gasteiger partial charge in [0.15, 0.2) is 0 Å². The second-order valence-electron chi connectivity index (χ2n) is 5.08. The van der Waals surface area contributed by atoms with Crippen molar-refractivity contribution in [1.29, 1.82) is 0 Å². The third kappa shape index (κ3) is 5.02. The van der Waals surface area contributed by atoms with E-state index in [4.69, 9.17) is 10.8 Å². The SMILES string of the molecule is CCCCCC(C)NS(=O)(=O)c1ccc(C(=O)O)cc1N. The molecule has 21 heavy (non-hydrogen) atoms. The maximum atomic E-state index is 12.2. The van der Waals surface area contributed by atoms with Crippen molar-refractivity contribution < 1.29 is 18.3 Å². The van der Waals surface area contributed by atoms with Crippen molar-refractivity contribution in [3.8, 4) is 0 Å². The summed E-state index contributed by atoms with van der Waals surface area (Å²) in [6.07, 6.45) is 3.83. The van der Waals surface area contributed by atoms with Crippen LogP contribution in [0.15, 0.2) is 23.1 Å². The fourth-order valence-corrected chi connectivity index (χ4v) is 3.40. The van der Waals surface area contributed by atoms with Crippen LogP contribution in [0, 0.1) is 0 Å². The van der Waals surface area contributed by atoms with E-state index < -0.39 is 16.0 Å². The molecule has 1 aromatic rings. The molecule has 0 aromatic heterocycles. The quantitative estimate of drug-likeness (QED) is 0.503. The Morgan fingerprint density at radius 2 is 2.05 bits per heavy atom. The number of nitrogen functional groups attached to an aromatic ring is 1. The van der Waals surface area contributed by atoms with Crippen LogP contribution in [0.2, 0.25) is 0 Å². The topological polar surface area (TPSA) is 109 Å². The molecule has 0 amide bonds. The molecule has 118 valence electrons. The molecule has 0 bridgehead atoms. The van der Waals surface area contributed by atoms with E-state index in [1.54, 1.807) is 6.92 Å². The van der Waals surface area contributed by atoms with Gasteiger partial charge in [0.1, 0.15) is 4.90 Å². The van der Waals surface area contributed by atoms with Gasteiger partial charge in [-0.1, -0.05) is 26.2 Å². The van der Waals surface area contributed by atoms with Crippen LogP contribution < -0.4 is 10.5 Å². The number of nitrogens with two attached hydrogens (primary N) is 1. The van der Waals surface area contributed by atoms with E-state index in [9.17, 15) is 13.2 Å². The highest BCUT2D eigenvalue weighted by Crippen LogP contribution is 2.20. The summed E-state index contributed by atoms with van der Waals surface area (Å²) in [6.45, 7) is 3.88. The number of carbonyl (C=O) groups is 1. The number of carboxylic acid groups (broad SMARTS) is 1. The molecule has 4 N–H and O–H groups in total. The summed E-state index contributed by atoms with van der Waals surface area (Å²) in [4.78, 5) is 10.7. The third-order valence-corrected chi connectivity index (χ3v) is 4.81. The lowest BCUT2D eigenvalue weighted by Crippen LogP contribution is -2.33. The van der Waals surface area contributed by atoms with Crippen LogP contribution in [0.3, 0.4) is 0 Å². The van der Waals surface area contributed by atoms with Gasteiger partial charge >= 0.3 is 5.97 Å². The Morgan fingerprint density at radius 1 is 1.38 bits per heavy atom. The molecule has 0 aliphatic heterocycles. The van der Waals surface area contributed by atoms with Crippen molar-refractivity contribution in [1.82, 2.24) is 4.72 Å². The summed E-state index contributed by atoms with van der Waals surface area (Å²) in [6, 6.07) is 3.41. The maximum Gasteiger partial charge on any atom is 0.335 e. The van der Waals surface area contributed by atoms with Crippen LogP contribution >= 0.6 is 0 Å². The van der Waals surface area contributed by atoms with E-state index in [2.05, 4.69) is 11.6 Å². The first-order valence-electron chi connectivity index (χ1n) is 6.93. The molecule has 1 atom stereocenters. The maximum absolute atomic E-state index is 12.2. The minimum atomic E-state index is -3.74. The molecular formula is C14H22N2O4S. The molecule has 6 nitrogen and oxygen atoms in total. The Kier molecular flexibility index (Phi) is 6.17. The minimum Gasteiger partial charge on any atom is -0.478 e. The van der Waals surface area contributed by atoms with E-state index in [1.165, 1.54) is 12.1 Å². The smallest absolute Gasteiger partial charge is 0.335 e. The summed E-state index contributed by atoms with van der Waals surface area (Å²) in [5, 5.41) is 8.85. The molecule has 0 saturated heterocycles. The number of hydrogen-bond donors (Lipinski definition) is 3. The molecule has 0 heterocycles. The predicted octanol–water partition coefficient (Wildman–Crippen LogP) is 2.21. The lowest BCUT2D eigenvalue weighted by molar-refractivity contribution is 0.0697. The molecule has 0 fully saturated rings. The number of sulfonamides is 1.